The second-order valence-electron chi connectivity index (χ2n) is 6.23. The van der Waals surface area contributed by atoms with Crippen LogP contribution in [0.15, 0.2) is 52.0 Å². The van der Waals surface area contributed by atoms with Crippen molar-refractivity contribution in [2.24, 2.45) is 0 Å². The minimum atomic E-state index is -3.18. The first-order valence-electron chi connectivity index (χ1n) is 8.38. The first-order chi connectivity index (χ1) is 12.8. The summed E-state index contributed by atoms with van der Waals surface area (Å²) in [4.78, 5) is 16.5. The molecule has 0 unspecified atom stereocenters. The van der Waals surface area contributed by atoms with Gasteiger partial charge in [-0.15, -0.1) is 0 Å². The maximum atomic E-state index is 12.3. The standard InChI is InChI=1S/C18H20N2O4S3/c1-27(22,23)15-6-4-14(5-7-15)13-26-18(25)20-10-8-19(9-11-20)17(21)16-3-2-12-24-16/h2-7,12H,8-11,13H2,1H3. The average molecular weight is 425 g/mol. The van der Waals surface area contributed by atoms with Crippen LogP contribution in [0.1, 0.15) is 16.1 Å². The van der Waals surface area contributed by atoms with Gasteiger partial charge in [0, 0.05) is 38.2 Å². The summed E-state index contributed by atoms with van der Waals surface area (Å²) >= 11 is 7.06. The number of hydrogen-bond acceptors (Lipinski definition) is 6. The fraction of sp³-hybridized carbons (Fsp3) is 0.333. The third-order valence-electron chi connectivity index (χ3n) is 4.27. The maximum Gasteiger partial charge on any atom is 0.289 e. The smallest absolute Gasteiger partial charge is 0.289 e. The van der Waals surface area contributed by atoms with E-state index in [4.69, 9.17) is 16.6 Å². The number of thioether (sulfide) groups is 1. The highest BCUT2D eigenvalue weighted by atomic mass is 32.2. The Morgan fingerprint density at radius 1 is 1.11 bits per heavy atom. The summed E-state index contributed by atoms with van der Waals surface area (Å²) in [6, 6.07) is 10.2. The highest BCUT2D eigenvalue weighted by Crippen LogP contribution is 2.20. The van der Waals surface area contributed by atoms with Crippen molar-refractivity contribution in [3.63, 3.8) is 0 Å². The Kier molecular flexibility index (Phi) is 6.23. The van der Waals surface area contributed by atoms with E-state index in [0.717, 1.165) is 9.88 Å². The molecule has 1 saturated heterocycles. The van der Waals surface area contributed by atoms with Crippen molar-refractivity contribution in [3.05, 3.63) is 54.0 Å². The molecule has 2 heterocycles. The molecule has 1 aliphatic rings. The van der Waals surface area contributed by atoms with Gasteiger partial charge in [-0.3, -0.25) is 4.79 Å². The van der Waals surface area contributed by atoms with Gasteiger partial charge >= 0.3 is 0 Å². The molecule has 144 valence electrons. The molecule has 9 heteroatoms. The third-order valence-corrected chi connectivity index (χ3v) is 6.99. The Labute approximate surface area is 168 Å². The molecule has 2 aromatic rings. The number of amides is 1. The van der Waals surface area contributed by atoms with Gasteiger partial charge in [-0.05, 0) is 29.8 Å². The van der Waals surface area contributed by atoms with Gasteiger partial charge in [0.25, 0.3) is 5.91 Å². The molecule has 0 atom stereocenters. The van der Waals surface area contributed by atoms with E-state index in [1.54, 1.807) is 40.9 Å². The van der Waals surface area contributed by atoms with Crippen LogP contribution in [-0.4, -0.2) is 60.9 Å². The number of rotatable bonds is 4. The number of nitrogens with zero attached hydrogens (tertiary/aromatic N) is 2. The fourth-order valence-corrected chi connectivity index (χ4v) is 4.55. The maximum absolute atomic E-state index is 12.3. The van der Waals surface area contributed by atoms with Crippen LogP contribution in [0.25, 0.3) is 0 Å². The molecule has 0 saturated carbocycles. The third kappa shape index (κ3) is 5.12. The lowest BCUT2D eigenvalue weighted by atomic mass is 10.2. The van der Waals surface area contributed by atoms with Crippen molar-refractivity contribution in [1.29, 1.82) is 0 Å². The monoisotopic (exact) mass is 424 g/mol. The van der Waals surface area contributed by atoms with Gasteiger partial charge < -0.3 is 14.2 Å². The molecule has 1 aromatic carbocycles. The first kappa shape index (κ1) is 19.9. The van der Waals surface area contributed by atoms with Crippen molar-refractivity contribution in [2.75, 3.05) is 32.4 Å². The number of hydrogen-bond donors (Lipinski definition) is 0. The number of carbonyl (C=O) groups is 1. The average Bonchev–Trinajstić information content (AvgIpc) is 3.20. The van der Waals surface area contributed by atoms with E-state index >= 15 is 0 Å². The normalized spacial score (nSPS) is 15.0. The van der Waals surface area contributed by atoms with Crippen LogP contribution in [0.2, 0.25) is 0 Å². The minimum absolute atomic E-state index is 0.0933. The quantitative estimate of drug-likeness (QED) is 0.699. The Balaban J connectivity index is 1.48. The van der Waals surface area contributed by atoms with Crippen LogP contribution in [0, 0.1) is 0 Å². The predicted octanol–water partition coefficient (Wildman–Crippen LogP) is 2.66. The summed E-state index contributed by atoms with van der Waals surface area (Å²) in [7, 11) is -3.18. The largest absolute Gasteiger partial charge is 0.459 e. The lowest BCUT2D eigenvalue weighted by Crippen LogP contribution is -2.49. The molecular formula is C18H20N2O4S3. The number of benzene rings is 1. The molecule has 3 rings (SSSR count). The molecule has 27 heavy (non-hydrogen) atoms. The molecular weight excluding hydrogens is 404 g/mol. The molecule has 1 amide bonds. The lowest BCUT2D eigenvalue weighted by molar-refractivity contribution is 0.0663. The van der Waals surface area contributed by atoms with Crippen LogP contribution in [0.3, 0.4) is 0 Å². The van der Waals surface area contributed by atoms with E-state index in [9.17, 15) is 13.2 Å². The van der Waals surface area contributed by atoms with Crippen LogP contribution in [0.5, 0.6) is 0 Å². The summed E-state index contributed by atoms with van der Waals surface area (Å²) in [5, 5.41) is 0. The fourth-order valence-electron chi connectivity index (χ4n) is 2.72. The molecule has 0 aliphatic carbocycles. The SMILES string of the molecule is CS(=O)(=O)c1ccc(CSC(=S)N2CCN(C(=O)c3ccco3)CC2)cc1. The van der Waals surface area contributed by atoms with Crippen molar-refractivity contribution in [3.8, 4) is 0 Å². The van der Waals surface area contributed by atoms with Crippen molar-refractivity contribution in [2.45, 2.75) is 10.6 Å². The molecule has 0 radical (unpaired) electrons. The Morgan fingerprint density at radius 2 is 1.74 bits per heavy atom. The van der Waals surface area contributed by atoms with E-state index in [1.165, 1.54) is 12.5 Å². The molecule has 0 N–H and O–H groups in total. The topological polar surface area (TPSA) is 70.8 Å². The van der Waals surface area contributed by atoms with Gasteiger partial charge in [0.05, 0.1) is 11.2 Å². The van der Waals surface area contributed by atoms with Crippen LogP contribution >= 0.6 is 24.0 Å². The highest BCUT2D eigenvalue weighted by Gasteiger charge is 2.24. The van der Waals surface area contributed by atoms with Gasteiger partial charge in [0.1, 0.15) is 4.32 Å². The van der Waals surface area contributed by atoms with E-state index in [1.807, 2.05) is 12.1 Å². The van der Waals surface area contributed by atoms with Crippen molar-refractivity contribution < 1.29 is 17.6 Å². The van der Waals surface area contributed by atoms with Gasteiger partial charge in [-0.25, -0.2) is 8.42 Å². The van der Waals surface area contributed by atoms with Gasteiger partial charge in [0.15, 0.2) is 15.6 Å². The van der Waals surface area contributed by atoms with Crippen LogP contribution in [0.4, 0.5) is 0 Å². The molecule has 0 spiro atoms. The zero-order chi connectivity index (χ0) is 19.4. The summed E-state index contributed by atoms with van der Waals surface area (Å²) in [6.45, 7) is 2.57. The highest BCUT2D eigenvalue weighted by molar-refractivity contribution is 8.22. The minimum Gasteiger partial charge on any atom is -0.459 e. The zero-order valence-corrected chi connectivity index (χ0v) is 17.3. The van der Waals surface area contributed by atoms with E-state index < -0.39 is 9.84 Å². The summed E-state index contributed by atoms with van der Waals surface area (Å²) in [5.74, 6) is 0.941. The summed E-state index contributed by atoms with van der Waals surface area (Å²) in [5.41, 5.74) is 1.02. The van der Waals surface area contributed by atoms with E-state index in [-0.39, 0.29) is 5.91 Å². The molecule has 1 fully saturated rings. The second kappa shape index (κ2) is 8.45. The van der Waals surface area contributed by atoms with Gasteiger partial charge in [0.2, 0.25) is 0 Å². The van der Waals surface area contributed by atoms with Crippen LogP contribution < -0.4 is 0 Å². The number of sulfone groups is 1. The second-order valence-corrected chi connectivity index (χ2v) is 9.85. The number of piperazine rings is 1. The molecule has 1 aromatic heterocycles. The summed E-state index contributed by atoms with van der Waals surface area (Å²) in [6.07, 6.45) is 2.69. The number of carbonyl (C=O) groups excluding carboxylic acids is 1. The molecule has 0 bridgehead atoms. The molecule has 1 aliphatic heterocycles. The predicted molar refractivity (Wildman–Crippen MR) is 110 cm³/mol. The van der Waals surface area contributed by atoms with E-state index in [2.05, 4.69) is 4.90 Å². The Bertz CT molecular complexity index is 901. The Morgan fingerprint density at radius 3 is 2.30 bits per heavy atom. The Hall–Kier alpha value is -1.84. The van der Waals surface area contributed by atoms with Crippen molar-refractivity contribution in [1.82, 2.24) is 9.80 Å². The van der Waals surface area contributed by atoms with Crippen LogP contribution in [-0.2, 0) is 15.6 Å². The van der Waals surface area contributed by atoms with E-state index in [0.29, 0.717) is 42.6 Å². The molecule has 6 nitrogen and oxygen atoms in total. The van der Waals surface area contributed by atoms with Gasteiger partial charge in [-0.1, -0.05) is 36.1 Å². The summed E-state index contributed by atoms with van der Waals surface area (Å²) < 4.78 is 29.0. The van der Waals surface area contributed by atoms with Crippen molar-refractivity contribution >= 4 is 44.0 Å². The zero-order valence-electron chi connectivity index (χ0n) is 14.8. The van der Waals surface area contributed by atoms with Gasteiger partial charge in [-0.2, -0.15) is 0 Å². The number of furan rings is 1. The lowest BCUT2D eigenvalue weighted by Gasteiger charge is -2.35. The number of thiocarbonyl (C=S) groups is 1. The first-order valence-corrected chi connectivity index (χ1v) is 11.7.